The van der Waals surface area contributed by atoms with Crippen molar-refractivity contribution in [2.75, 3.05) is 13.7 Å². The SMILES string of the molecule is COc1ccc(S(=O)(=O)Cl)cc1C(=O)NCCC1CCC1. The third-order valence-corrected chi connectivity index (χ3v) is 5.11. The van der Waals surface area contributed by atoms with Crippen LogP contribution in [-0.4, -0.2) is 28.0 Å². The number of hydrogen-bond acceptors (Lipinski definition) is 4. The van der Waals surface area contributed by atoms with E-state index in [9.17, 15) is 13.2 Å². The molecule has 2 rings (SSSR count). The van der Waals surface area contributed by atoms with Crippen LogP contribution in [-0.2, 0) is 9.05 Å². The first-order valence-corrected chi connectivity index (χ1v) is 9.13. The molecule has 1 N–H and O–H groups in total. The molecule has 0 unspecified atom stereocenters. The van der Waals surface area contributed by atoms with Crippen molar-refractivity contribution in [3.63, 3.8) is 0 Å². The van der Waals surface area contributed by atoms with Crippen molar-refractivity contribution in [3.05, 3.63) is 23.8 Å². The van der Waals surface area contributed by atoms with Crippen LogP contribution in [0.25, 0.3) is 0 Å². The maximum absolute atomic E-state index is 12.2. The number of nitrogens with one attached hydrogen (secondary N) is 1. The Labute approximate surface area is 129 Å². The van der Waals surface area contributed by atoms with Crippen molar-refractivity contribution >= 4 is 25.6 Å². The van der Waals surface area contributed by atoms with Crippen molar-refractivity contribution in [3.8, 4) is 5.75 Å². The van der Waals surface area contributed by atoms with Gasteiger partial charge in [0.25, 0.3) is 15.0 Å². The van der Waals surface area contributed by atoms with E-state index in [1.807, 2.05) is 0 Å². The van der Waals surface area contributed by atoms with Gasteiger partial charge in [-0.1, -0.05) is 19.3 Å². The van der Waals surface area contributed by atoms with E-state index in [1.165, 1.54) is 44.6 Å². The molecule has 0 bridgehead atoms. The predicted octanol–water partition coefficient (Wildman–Crippen LogP) is 2.54. The van der Waals surface area contributed by atoms with Crippen molar-refractivity contribution in [1.82, 2.24) is 5.32 Å². The first-order valence-electron chi connectivity index (χ1n) is 6.82. The summed E-state index contributed by atoms with van der Waals surface area (Å²) in [7, 11) is 2.85. The fraction of sp³-hybridized carbons (Fsp3) is 0.500. The zero-order chi connectivity index (χ0) is 15.5. The minimum Gasteiger partial charge on any atom is -0.496 e. The first kappa shape index (κ1) is 16.1. The number of rotatable bonds is 6. The second-order valence-electron chi connectivity index (χ2n) is 5.14. The molecule has 21 heavy (non-hydrogen) atoms. The molecule has 0 spiro atoms. The molecule has 1 fully saturated rings. The monoisotopic (exact) mass is 331 g/mol. The number of carbonyl (C=O) groups is 1. The topological polar surface area (TPSA) is 72.5 Å². The summed E-state index contributed by atoms with van der Waals surface area (Å²) in [5.41, 5.74) is 0.174. The quantitative estimate of drug-likeness (QED) is 0.813. The highest BCUT2D eigenvalue weighted by atomic mass is 35.7. The van der Waals surface area contributed by atoms with Gasteiger partial charge in [0, 0.05) is 17.2 Å². The molecule has 0 saturated heterocycles. The molecular formula is C14H18ClNO4S. The lowest BCUT2D eigenvalue weighted by Crippen LogP contribution is -2.27. The second-order valence-corrected chi connectivity index (χ2v) is 7.71. The Morgan fingerprint density at radius 1 is 1.43 bits per heavy atom. The fourth-order valence-corrected chi connectivity index (χ4v) is 3.06. The Bertz CT molecular complexity index is 626. The highest BCUT2D eigenvalue weighted by molar-refractivity contribution is 8.13. The molecule has 0 atom stereocenters. The van der Waals surface area contributed by atoms with Crippen LogP contribution in [0, 0.1) is 5.92 Å². The summed E-state index contributed by atoms with van der Waals surface area (Å²) in [5.74, 6) is 0.662. The van der Waals surface area contributed by atoms with E-state index in [0.717, 1.165) is 6.42 Å². The largest absolute Gasteiger partial charge is 0.496 e. The van der Waals surface area contributed by atoms with E-state index in [4.69, 9.17) is 15.4 Å². The predicted molar refractivity (Wildman–Crippen MR) is 80.3 cm³/mol. The van der Waals surface area contributed by atoms with Crippen LogP contribution in [0.4, 0.5) is 0 Å². The van der Waals surface area contributed by atoms with Crippen molar-refractivity contribution in [1.29, 1.82) is 0 Å². The molecule has 1 aromatic rings. The van der Waals surface area contributed by atoms with Gasteiger partial charge in [0.1, 0.15) is 5.75 Å². The molecule has 1 amide bonds. The molecule has 0 aliphatic heterocycles. The van der Waals surface area contributed by atoms with Crippen LogP contribution in [0.1, 0.15) is 36.0 Å². The number of ether oxygens (including phenoxy) is 1. The number of amides is 1. The van der Waals surface area contributed by atoms with Gasteiger partial charge in [-0.05, 0) is 30.5 Å². The summed E-state index contributed by atoms with van der Waals surface area (Å²) >= 11 is 0. The average Bonchev–Trinajstić information content (AvgIpc) is 2.39. The molecule has 0 heterocycles. The van der Waals surface area contributed by atoms with Gasteiger partial charge < -0.3 is 10.1 Å². The van der Waals surface area contributed by atoms with Gasteiger partial charge in [-0.15, -0.1) is 0 Å². The smallest absolute Gasteiger partial charge is 0.261 e. The minimum absolute atomic E-state index is 0.117. The average molecular weight is 332 g/mol. The van der Waals surface area contributed by atoms with Gasteiger partial charge in [0.15, 0.2) is 0 Å². The standard InChI is InChI=1S/C14H18ClNO4S/c1-20-13-6-5-11(21(15,18)19)9-12(13)14(17)16-8-7-10-3-2-4-10/h5-6,9-10H,2-4,7-8H2,1H3,(H,16,17). The Morgan fingerprint density at radius 3 is 2.67 bits per heavy atom. The normalized spacial score (nSPS) is 15.3. The van der Waals surface area contributed by atoms with E-state index < -0.39 is 9.05 Å². The number of benzene rings is 1. The molecule has 5 nitrogen and oxygen atoms in total. The maximum atomic E-state index is 12.2. The zero-order valence-corrected chi connectivity index (χ0v) is 13.3. The van der Waals surface area contributed by atoms with E-state index in [2.05, 4.69) is 5.32 Å². The summed E-state index contributed by atoms with van der Waals surface area (Å²) in [6.07, 6.45) is 4.65. The second kappa shape index (κ2) is 6.66. The number of hydrogen-bond donors (Lipinski definition) is 1. The van der Waals surface area contributed by atoms with Crippen LogP contribution >= 0.6 is 10.7 Å². The van der Waals surface area contributed by atoms with Gasteiger partial charge in [0.2, 0.25) is 0 Å². The van der Waals surface area contributed by atoms with Crippen LogP contribution < -0.4 is 10.1 Å². The van der Waals surface area contributed by atoms with Crippen molar-refractivity contribution in [2.24, 2.45) is 5.92 Å². The van der Waals surface area contributed by atoms with Gasteiger partial charge in [-0.2, -0.15) is 0 Å². The molecule has 1 aliphatic rings. The summed E-state index contributed by atoms with van der Waals surface area (Å²) in [5, 5.41) is 2.79. The van der Waals surface area contributed by atoms with Gasteiger partial charge in [0.05, 0.1) is 17.6 Å². The Balaban J connectivity index is 2.09. The zero-order valence-electron chi connectivity index (χ0n) is 11.8. The minimum atomic E-state index is -3.88. The number of methoxy groups -OCH3 is 1. The third kappa shape index (κ3) is 4.11. The summed E-state index contributed by atoms with van der Waals surface area (Å²) < 4.78 is 27.8. The van der Waals surface area contributed by atoms with Crippen molar-refractivity contribution < 1.29 is 17.9 Å². The lowest BCUT2D eigenvalue weighted by Gasteiger charge is -2.25. The van der Waals surface area contributed by atoms with Gasteiger partial charge in [-0.3, -0.25) is 4.79 Å². The summed E-state index contributed by atoms with van der Waals surface area (Å²) in [4.78, 5) is 12.0. The number of halogens is 1. The Hall–Kier alpha value is -1.27. The number of carbonyl (C=O) groups excluding carboxylic acids is 1. The fourth-order valence-electron chi connectivity index (χ4n) is 2.28. The summed E-state index contributed by atoms with van der Waals surface area (Å²) in [6.45, 7) is 0.574. The summed E-state index contributed by atoms with van der Waals surface area (Å²) in [6, 6.07) is 3.97. The Morgan fingerprint density at radius 2 is 2.14 bits per heavy atom. The van der Waals surface area contributed by atoms with Crippen LogP contribution in [0.15, 0.2) is 23.1 Å². The van der Waals surface area contributed by atoms with Crippen LogP contribution in [0.5, 0.6) is 5.75 Å². The molecule has 1 aromatic carbocycles. The van der Waals surface area contributed by atoms with Gasteiger partial charge >= 0.3 is 0 Å². The van der Waals surface area contributed by atoms with Gasteiger partial charge in [-0.25, -0.2) is 8.42 Å². The van der Waals surface area contributed by atoms with E-state index in [1.54, 1.807) is 0 Å². The molecule has 7 heteroatoms. The van der Waals surface area contributed by atoms with E-state index >= 15 is 0 Å². The highest BCUT2D eigenvalue weighted by Gasteiger charge is 2.20. The molecule has 116 valence electrons. The Kier molecular flexibility index (Phi) is 5.11. The van der Waals surface area contributed by atoms with E-state index in [0.29, 0.717) is 18.2 Å². The molecule has 1 aliphatic carbocycles. The van der Waals surface area contributed by atoms with E-state index in [-0.39, 0.29) is 16.4 Å². The first-order chi connectivity index (χ1) is 9.91. The molecule has 1 saturated carbocycles. The lowest BCUT2D eigenvalue weighted by molar-refractivity contribution is 0.0945. The maximum Gasteiger partial charge on any atom is 0.261 e. The molecule has 0 radical (unpaired) electrons. The van der Waals surface area contributed by atoms with Crippen LogP contribution in [0.2, 0.25) is 0 Å². The van der Waals surface area contributed by atoms with Crippen LogP contribution in [0.3, 0.4) is 0 Å². The molecular weight excluding hydrogens is 314 g/mol. The third-order valence-electron chi connectivity index (χ3n) is 3.76. The lowest BCUT2D eigenvalue weighted by atomic mass is 9.83. The highest BCUT2D eigenvalue weighted by Crippen LogP contribution is 2.29. The molecule has 0 aromatic heterocycles. The van der Waals surface area contributed by atoms with Crippen molar-refractivity contribution in [2.45, 2.75) is 30.6 Å².